The smallest absolute Gasteiger partial charge is 0.340 e. The maximum atomic E-state index is 11.4. The number of carbonyl (C=O) groups is 1. The molecule has 1 N–H and O–H groups in total. The molecule has 0 saturated heterocycles. The molecule has 4 nitrogen and oxygen atoms in total. The Bertz CT molecular complexity index is 372. The highest BCUT2D eigenvalue weighted by Crippen LogP contribution is 2.28. The second kappa shape index (κ2) is 3.31. The first-order valence-electron chi connectivity index (χ1n) is 4.27. The lowest BCUT2D eigenvalue weighted by Crippen LogP contribution is -2.28. The molecule has 1 heterocycles. The first-order chi connectivity index (χ1) is 6.72. The van der Waals surface area contributed by atoms with Crippen molar-refractivity contribution in [2.24, 2.45) is 0 Å². The van der Waals surface area contributed by atoms with Gasteiger partial charge in [-0.15, -0.1) is 0 Å². The monoisotopic (exact) mass is 194 g/mol. The largest absolute Gasteiger partial charge is 0.508 e. The van der Waals surface area contributed by atoms with E-state index in [1.807, 2.05) is 0 Å². The minimum atomic E-state index is -0.594. The third-order valence-electron chi connectivity index (χ3n) is 2.24. The third-order valence-corrected chi connectivity index (χ3v) is 2.24. The lowest BCUT2D eigenvalue weighted by Gasteiger charge is -2.23. The predicted molar refractivity (Wildman–Crippen MR) is 48.0 cm³/mol. The Morgan fingerprint density at radius 2 is 2.36 bits per heavy atom. The van der Waals surface area contributed by atoms with Crippen molar-refractivity contribution in [2.45, 2.75) is 12.7 Å². The zero-order valence-electron chi connectivity index (χ0n) is 7.69. The molecule has 1 aromatic rings. The molecule has 1 aliphatic heterocycles. The van der Waals surface area contributed by atoms with Crippen LogP contribution in [0, 0.1) is 0 Å². The maximum absolute atomic E-state index is 11.4. The lowest BCUT2D eigenvalue weighted by molar-refractivity contribution is -0.0934. The predicted octanol–water partition coefficient (Wildman–Crippen LogP) is 1.08. The quantitative estimate of drug-likeness (QED) is 0.679. The molecule has 0 spiro atoms. The molecule has 1 unspecified atom stereocenters. The topological polar surface area (TPSA) is 55.8 Å². The average Bonchev–Trinajstić information content (AvgIpc) is 2.19. The van der Waals surface area contributed by atoms with Crippen molar-refractivity contribution in [2.75, 3.05) is 7.11 Å². The van der Waals surface area contributed by atoms with E-state index in [4.69, 9.17) is 9.47 Å². The highest BCUT2D eigenvalue weighted by molar-refractivity contribution is 5.92. The molecule has 0 bridgehead atoms. The summed E-state index contributed by atoms with van der Waals surface area (Å²) in [6, 6.07) is 4.79. The Balaban J connectivity index is 2.45. The van der Waals surface area contributed by atoms with E-state index in [1.54, 1.807) is 18.2 Å². The molecule has 0 aliphatic carbocycles. The van der Waals surface area contributed by atoms with E-state index in [1.165, 1.54) is 7.11 Å². The number of aromatic hydroxyl groups is 1. The number of phenolic OH excluding ortho intramolecular Hbond substituents is 1. The van der Waals surface area contributed by atoms with Crippen LogP contribution in [0.1, 0.15) is 15.9 Å². The summed E-state index contributed by atoms with van der Waals surface area (Å²) < 4.78 is 9.86. The van der Waals surface area contributed by atoms with Gasteiger partial charge in [0.15, 0.2) is 0 Å². The summed E-state index contributed by atoms with van der Waals surface area (Å²) in [5, 5.41) is 9.52. The third kappa shape index (κ3) is 1.33. The molecule has 1 atom stereocenters. The van der Waals surface area contributed by atoms with Gasteiger partial charge in [0.05, 0.1) is 5.56 Å². The number of benzene rings is 1. The molecule has 74 valence electrons. The fourth-order valence-electron chi connectivity index (χ4n) is 1.50. The van der Waals surface area contributed by atoms with Crippen LogP contribution in [0.15, 0.2) is 18.2 Å². The summed E-state index contributed by atoms with van der Waals surface area (Å²) in [7, 11) is 1.46. The number of rotatable bonds is 1. The van der Waals surface area contributed by atoms with Crippen LogP contribution in [0.5, 0.6) is 5.75 Å². The Morgan fingerprint density at radius 1 is 1.57 bits per heavy atom. The first kappa shape index (κ1) is 9.02. The summed E-state index contributed by atoms with van der Waals surface area (Å²) in [5.74, 6) is -0.338. The standard InChI is InChI=1S/C10H10O4/c1-13-9-5-7-6(10(12)14-9)3-2-4-8(7)11/h2-4,9,11H,5H2,1H3. The normalized spacial score (nSPS) is 20.1. The summed E-state index contributed by atoms with van der Waals surface area (Å²) in [6.07, 6.45) is -0.201. The second-order valence-electron chi connectivity index (χ2n) is 3.08. The number of ether oxygens (including phenoxy) is 2. The van der Waals surface area contributed by atoms with Crippen molar-refractivity contribution in [1.82, 2.24) is 0 Å². The van der Waals surface area contributed by atoms with Gasteiger partial charge >= 0.3 is 5.97 Å². The van der Waals surface area contributed by atoms with E-state index in [9.17, 15) is 9.90 Å². The number of hydrogen-bond acceptors (Lipinski definition) is 4. The number of cyclic esters (lactones) is 1. The number of carbonyl (C=O) groups excluding carboxylic acids is 1. The SMILES string of the molecule is COC1Cc2c(O)cccc2C(=O)O1. The Kier molecular flexibility index (Phi) is 2.13. The van der Waals surface area contributed by atoms with E-state index in [0.717, 1.165) is 0 Å². The van der Waals surface area contributed by atoms with Crippen molar-refractivity contribution in [1.29, 1.82) is 0 Å². The highest BCUT2D eigenvalue weighted by atomic mass is 16.7. The van der Waals surface area contributed by atoms with Crippen molar-refractivity contribution in [3.63, 3.8) is 0 Å². The van der Waals surface area contributed by atoms with Crippen LogP contribution < -0.4 is 0 Å². The van der Waals surface area contributed by atoms with E-state index >= 15 is 0 Å². The molecule has 1 aliphatic rings. The zero-order valence-corrected chi connectivity index (χ0v) is 7.69. The average molecular weight is 194 g/mol. The number of fused-ring (bicyclic) bond motifs is 1. The van der Waals surface area contributed by atoms with Crippen LogP contribution in [0.25, 0.3) is 0 Å². The maximum Gasteiger partial charge on any atom is 0.340 e. The van der Waals surface area contributed by atoms with Crippen LogP contribution in [0.2, 0.25) is 0 Å². The van der Waals surface area contributed by atoms with Crippen LogP contribution >= 0.6 is 0 Å². The fourth-order valence-corrected chi connectivity index (χ4v) is 1.50. The van der Waals surface area contributed by atoms with Crippen molar-refractivity contribution >= 4 is 5.97 Å². The molecule has 0 saturated carbocycles. The van der Waals surface area contributed by atoms with Crippen molar-refractivity contribution in [3.8, 4) is 5.75 Å². The van der Waals surface area contributed by atoms with Gasteiger partial charge in [0.2, 0.25) is 6.29 Å². The Labute approximate surface area is 81.1 Å². The molecular weight excluding hydrogens is 184 g/mol. The number of phenols is 1. The summed E-state index contributed by atoms with van der Waals surface area (Å²) >= 11 is 0. The van der Waals surface area contributed by atoms with E-state index in [2.05, 4.69) is 0 Å². The minimum absolute atomic E-state index is 0.112. The van der Waals surface area contributed by atoms with Crippen LogP contribution in [0.3, 0.4) is 0 Å². The number of methoxy groups -OCH3 is 1. The molecule has 14 heavy (non-hydrogen) atoms. The van der Waals surface area contributed by atoms with Gasteiger partial charge in [0.25, 0.3) is 0 Å². The van der Waals surface area contributed by atoms with Crippen molar-refractivity contribution < 1.29 is 19.4 Å². The van der Waals surface area contributed by atoms with E-state index in [0.29, 0.717) is 17.5 Å². The van der Waals surface area contributed by atoms with Gasteiger partial charge in [-0.05, 0) is 12.1 Å². The Morgan fingerprint density at radius 3 is 3.07 bits per heavy atom. The van der Waals surface area contributed by atoms with Gasteiger partial charge in [0.1, 0.15) is 5.75 Å². The van der Waals surface area contributed by atoms with Gasteiger partial charge in [-0.1, -0.05) is 6.07 Å². The summed E-state index contributed by atoms with van der Waals surface area (Å²) in [5.41, 5.74) is 1.01. The zero-order chi connectivity index (χ0) is 10.1. The van der Waals surface area contributed by atoms with Crippen LogP contribution in [0.4, 0.5) is 0 Å². The van der Waals surface area contributed by atoms with Gasteiger partial charge in [-0.2, -0.15) is 0 Å². The van der Waals surface area contributed by atoms with E-state index in [-0.39, 0.29) is 5.75 Å². The van der Waals surface area contributed by atoms with Gasteiger partial charge in [0, 0.05) is 19.1 Å². The number of esters is 1. The van der Waals surface area contributed by atoms with Gasteiger partial charge in [-0.3, -0.25) is 0 Å². The minimum Gasteiger partial charge on any atom is -0.508 e. The second-order valence-corrected chi connectivity index (χ2v) is 3.08. The molecular formula is C10H10O4. The molecule has 0 fully saturated rings. The summed E-state index contributed by atoms with van der Waals surface area (Å²) in [6.45, 7) is 0. The van der Waals surface area contributed by atoms with Gasteiger partial charge < -0.3 is 14.6 Å². The van der Waals surface area contributed by atoms with Crippen LogP contribution in [-0.4, -0.2) is 24.5 Å². The highest BCUT2D eigenvalue weighted by Gasteiger charge is 2.27. The van der Waals surface area contributed by atoms with Crippen molar-refractivity contribution in [3.05, 3.63) is 29.3 Å². The fraction of sp³-hybridized carbons (Fsp3) is 0.300. The van der Waals surface area contributed by atoms with Gasteiger partial charge in [-0.25, -0.2) is 4.79 Å². The summed E-state index contributed by atoms with van der Waals surface area (Å²) in [4.78, 5) is 11.4. The van der Waals surface area contributed by atoms with E-state index < -0.39 is 12.3 Å². The Hall–Kier alpha value is -1.55. The molecule has 2 rings (SSSR count). The molecule has 1 aromatic carbocycles. The molecule has 4 heteroatoms. The molecule has 0 radical (unpaired) electrons. The molecule has 0 amide bonds. The first-order valence-corrected chi connectivity index (χ1v) is 4.27. The lowest BCUT2D eigenvalue weighted by atomic mass is 10.0. The molecule has 0 aromatic heterocycles. The number of hydrogen-bond donors (Lipinski definition) is 1. The van der Waals surface area contributed by atoms with Crippen LogP contribution in [-0.2, 0) is 15.9 Å².